The molecule has 2 heteroatoms. The minimum absolute atomic E-state index is 0.469. The summed E-state index contributed by atoms with van der Waals surface area (Å²) >= 11 is 0. The molecule has 1 heterocycles. The highest BCUT2D eigenvalue weighted by atomic mass is 16.5. The van der Waals surface area contributed by atoms with Gasteiger partial charge in [-0.3, -0.25) is 0 Å². The monoisotopic (exact) mass is 275 g/mol. The lowest BCUT2D eigenvalue weighted by Crippen LogP contribution is -2.19. The van der Waals surface area contributed by atoms with Crippen molar-refractivity contribution < 1.29 is 4.74 Å². The molecule has 1 aliphatic heterocycles. The van der Waals surface area contributed by atoms with E-state index in [0.717, 1.165) is 6.61 Å². The lowest BCUT2D eigenvalue weighted by molar-refractivity contribution is 0.101. The van der Waals surface area contributed by atoms with Gasteiger partial charge in [-0.15, -0.1) is 0 Å². The number of hydrogen-bond acceptors (Lipinski definition) is 2. The first kappa shape index (κ1) is 15.5. The fourth-order valence-corrected chi connectivity index (χ4v) is 3.60. The second-order valence-electron chi connectivity index (χ2n) is 6.22. The van der Waals surface area contributed by atoms with E-state index < -0.39 is 0 Å². The number of aryl methyl sites for hydroxylation is 3. The highest BCUT2D eigenvalue weighted by Crippen LogP contribution is 2.28. The van der Waals surface area contributed by atoms with Crippen LogP contribution in [0.5, 0.6) is 0 Å². The fraction of sp³-hybridized carbons (Fsp3) is 0.667. The molecule has 112 valence electrons. The Morgan fingerprint density at radius 3 is 2.50 bits per heavy atom. The van der Waals surface area contributed by atoms with Crippen molar-refractivity contribution in [1.82, 2.24) is 5.32 Å². The predicted octanol–water partition coefficient (Wildman–Crippen LogP) is 4.22. The standard InChI is InChI=1S/C18H29NO/c1-13-11-14(2)18(15(3)12-13)17(19-4)9-5-7-16-8-6-10-20-16/h11-12,16-17,19H,5-10H2,1-4H3. The zero-order valence-corrected chi connectivity index (χ0v) is 13.5. The van der Waals surface area contributed by atoms with Gasteiger partial charge >= 0.3 is 0 Å². The molecule has 20 heavy (non-hydrogen) atoms. The number of hydrogen-bond donors (Lipinski definition) is 1. The first-order chi connectivity index (χ1) is 9.61. The van der Waals surface area contributed by atoms with Gasteiger partial charge in [0.05, 0.1) is 6.10 Å². The summed E-state index contributed by atoms with van der Waals surface area (Å²) in [5, 5.41) is 3.50. The molecule has 0 radical (unpaired) electrons. The molecule has 2 atom stereocenters. The van der Waals surface area contributed by atoms with Crippen LogP contribution < -0.4 is 5.32 Å². The van der Waals surface area contributed by atoms with Crippen molar-refractivity contribution in [1.29, 1.82) is 0 Å². The molecule has 1 aromatic carbocycles. The summed E-state index contributed by atoms with van der Waals surface area (Å²) in [5.41, 5.74) is 5.68. The fourth-order valence-electron chi connectivity index (χ4n) is 3.60. The lowest BCUT2D eigenvalue weighted by Gasteiger charge is -2.22. The molecular weight excluding hydrogens is 246 g/mol. The summed E-state index contributed by atoms with van der Waals surface area (Å²) in [6.45, 7) is 7.62. The average molecular weight is 275 g/mol. The molecule has 2 unspecified atom stereocenters. The Morgan fingerprint density at radius 1 is 1.25 bits per heavy atom. The Morgan fingerprint density at radius 2 is 1.95 bits per heavy atom. The molecule has 0 aliphatic carbocycles. The molecule has 1 fully saturated rings. The summed E-state index contributed by atoms with van der Waals surface area (Å²) < 4.78 is 5.72. The molecule has 0 bridgehead atoms. The molecule has 0 spiro atoms. The van der Waals surface area contributed by atoms with E-state index in [1.807, 2.05) is 0 Å². The summed E-state index contributed by atoms with van der Waals surface area (Å²) in [4.78, 5) is 0. The molecule has 1 N–H and O–H groups in total. The molecule has 1 saturated heterocycles. The number of nitrogens with one attached hydrogen (secondary N) is 1. The van der Waals surface area contributed by atoms with Gasteiger partial charge in [-0.2, -0.15) is 0 Å². The topological polar surface area (TPSA) is 21.3 Å². The third-order valence-electron chi connectivity index (χ3n) is 4.48. The van der Waals surface area contributed by atoms with E-state index >= 15 is 0 Å². The zero-order valence-electron chi connectivity index (χ0n) is 13.5. The minimum Gasteiger partial charge on any atom is -0.378 e. The minimum atomic E-state index is 0.469. The van der Waals surface area contributed by atoms with Crippen molar-refractivity contribution in [3.05, 3.63) is 34.4 Å². The quantitative estimate of drug-likeness (QED) is 0.839. The van der Waals surface area contributed by atoms with Crippen molar-refractivity contribution in [2.45, 2.75) is 65.0 Å². The third-order valence-corrected chi connectivity index (χ3v) is 4.48. The Kier molecular flexibility index (Phi) is 5.62. The maximum absolute atomic E-state index is 5.72. The van der Waals surface area contributed by atoms with Crippen LogP contribution in [0.1, 0.15) is 60.4 Å². The first-order valence-electron chi connectivity index (χ1n) is 7.98. The number of ether oxygens (including phenoxy) is 1. The van der Waals surface area contributed by atoms with Gasteiger partial charge in [0.15, 0.2) is 0 Å². The second kappa shape index (κ2) is 7.24. The van der Waals surface area contributed by atoms with E-state index in [9.17, 15) is 0 Å². The van der Waals surface area contributed by atoms with Gasteiger partial charge in [-0.25, -0.2) is 0 Å². The largest absolute Gasteiger partial charge is 0.378 e. The van der Waals surface area contributed by atoms with Crippen LogP contribution in [0.3, 0.4) is 0 Å². The Balaban J connectivity index is 1.97. The van der Waals surface area contributed by atoms with Crippen molar-refractivity contribution >= 4 is 0 Å². The van der Waals surface area contributed by atoms with Gasteiger partial charge in [0.2, 0.25) is 0 Å². The second-order valence-corrected chi connectivity index (χ2v) is 6.22. The Hall–Kier alpha value is -0.860. The van der Waals surface area contributed by atoms with E-state index in [0.29, 0.717) is 12.1 Å². The van der Waals surface area contributed by atoms with Gasteiger partial charge in [-0.05, 0) is 76.6 Å². The van der Waals surface area contributed by atoms with Crippen molar-refractivity contribution in [3.63, 3.8) is 0 Å². The molecule has 1 aliphatic rings. The van der Waals surface area contributed by atoms with Crippen molar-refractivity contribution in [2.75, 3.05) is 13.7 Å². The van der Waals surface area contributed by atoms with Gasteiger partial charge in [-0.1, -0.05) is 17.7 Å². The predicted molar refractivity (Wildman–Crippen MR) is 85.3 cm³/mol. The van der Waals surface area contributed by atoms with Gasteiger partial charge in [0, 0.05) is 12.6 Å². The molecule has 0 saturated carbocycles. The van der Waals surface area contributed by atoms with Crippen LogP contribution in [-0.4, -0.2) is 19.8 Å². The number of rotatable bonds is 6. The van der Waals surface area contributed by atoms with Crippen LogP contribution in [0.15, 0.2) is 12.1 Å². The third kappa shape index (κ3) is 3.83. The van der Waals surface area contributed by atoms with Crippen LogP contribution >= 0.6 is 0 Å². The van der Waals surface area contributed by atoms with Crippen LogP contribution in [0.2, 0.25) is 0 Å². The van der Waals surface area contributed by atoms with Crippen LogP contribution in [-0.2, 0) is 4.74 Å². The van der Waals surface area contributed by atoms with Crippen molar-refractivity contribution in [2.24, 2.45) is 0 Å². The molecule has 0 aromatic heterocycles. The lowest BCUT2D eigenvalue weighted by atomic mass is 9.91. The Labute approximate surface area is 123 Å². The molecular formula is C18H29NO. The normalized spacial score (nSPS) is 20.3. The molecule has 2 rings (SSSR count). The maximum Gasteiger partial charge on any atom is 0.0576 e. The summed E-state index contributed by atoms with van der Waals surface area (Å²) in [6, 6.07) is 5.07. The molecule has 1 aromatic rings. The zero-order chi connectivity index (χ0) is 14.5. The Bertz CT molecular complexity index is 412. The van der Waals surface area contributed by atoms with E-state index in [1.54, 1.807) is 0 Å². The van der Waals surface area contributed by atoms with Crippen LogP contribution in [0, 0.1) is 20.8 Å². The van der Waals surface area contributed by atoms with E-state index in [4.69, 9.17) is 4.74 Å². The molecule has 0 amide bonds. The highest BCUT2D eigenvalue weighted by Gasteiger charge is 2.18. The smallest absolute Gasteiger partial charge is 0.0576 e. The van der Waals surface area contributed by atoms with Crippen molar-refractivity contribution in [3.8, 4) is 0 Å². The molecule has 2 nitrogen and oxygen atoms in total. The highest BCUT2D eigenvalue weighted by molar-refractivity contribution is 5.39. The van der Waals surface area contributed by atoms with Crippen LogP contribution in [0.25, 0.3) is 0 Å². The summed E-state index contributed by atoms with van der Waals surface area (Å²) in [6.07, 6.45) is 6.67. The van der Waals surface area contributed by atoms with Gasteiger partial charge in [0.1, 0.15) is 0 Å². The number of benzene rings is 1. The SMILES string of the molecule is CNC(CCCC1CCCO1)c1c(C)cc(C)cc1C. The first-order valence-corrected chi connectivity index (χ1v) is 7.98. The van der Waals surface area contributed by atoms with Crippen LogP contribution in [0.4, 0.5) is 0 Å². The van der Waals surface area contributed by atoms with Gasteiger partial charge in [0.25, 0.3) is 0 Å². The van der Waals surface area contributed by atoms with Gasteiger partial charge < -0.3 is 10.1 Å². The van der Waals surface area contributed by atoms with E-state index in [1.165, 1.54) is 54.4 Å². The summed E-state index contributed by atoms with van der Waals surface area (Å²) in [5.74, 6) is 0. The summed E-state index contributed by atoms with van der Waals surface area (Å²) in [7, 11) is 2.08. The van der Waals surface area contributed by atoms with E-state index in [-0.39, 0.29) is 0 Å². The maximum atomic E-state index is 5.72. The average Bonchev–Trinajstić information content (AvgIpc) is 2.88. The van der Waals surface area contributed by atoms with E-state index in [2.05, 4.69) is 45.3 Å².